The number of nitrogens with zero attached hydrogens (tertiary/aromatic N) is 3. The van der Waals surface area contributed by atoms with Crippen LogP contribution in [0.2, 0.25) is 0 Å². The SMILES string of the molecule is CC(=O)N1c2ccc(-c3ccc(CN4CCCC4)cc3)cc2C(N(C(=O)O)C(C)C)CC1C. The molecule has 6 heteroatoms. The minimum atomic E-state index is -0.930. The maximum Gasteiger partial charge on any atom is 0.408 e. The lowest BCUT2D eigenvalue weighted by molar-refractivity contribution is -0.117. The van der Waals surface area contributed by atoms with Crippen molar-refractivity contribution in [1.82, 2.24) is 9.80 Å². The van der Waals surface area contributed by atoms with Gasteiger partial charge in [0.1, 0.15) is 0 Å². The maximum atomic E-state index is 12.4. The van der Waals surface area contributed by atoms with E-state index in [0.29, 0.717) is 6.42 Å². The molecule has 0 saturated carbocycles. The summed E-state index contributed by atoms with van der Waals surface area (Å²) < 4.78 is 0. The Hall–Kier alpha value is -2.86. The summed E-state index contributed by atoms with van der Waals surface area (Å²) in [6.07, 6.45) is 2.22. The first kappa shape index (κ1) is 23.3. The Kier molecular flexibility index (Phi) is 6.75. The summed E-state index contributed by atoms with van der Waals surface area (Å²) in [5.41, 5.74) is 5.16. The molecule has 6 nitrogen and oxygen atoms in total. The van der Waals surface area contributed by atoms with Crippen LogP contribution in [-0.4, -0.2) is 52.1 Å². The van der Waals surface area contributed by atoms with Gasteiger partial charge in [0.15, 0.2) is 0 Å². The number of amides is 2. The molecule has 1 saturated heterocycles. The predicted octanol–water partition coefficient (Wildman–Crippen LogP) is 5.52. The highest BCUT2D eigenvalue weighted by atomic mass is 16.4. The van der Waals surface area contributed by atoms with Gasteiger partial charge in [0.25, 0.3) is 0 Å². The number of anilines is 1. The Bertz CT molecular complexity index is 1010. The highest BCUT2D eigenvalue weighted by Gasteiger charge is 2.38. The molecule has 2 aromatic carbocycles. The fraction of sp³-hybridized carbons (Fsp3) is 0.481. The molecule has 2 aliphatic heterocycles. The second-order valence-corrected chi connectivity index (χ2v) is 9.73. The molecule has 2 heterocycles. The molecule has 0 radical (unpaired) electrons. The van der Waals surface area contributed by atoms with E-state index in [2.05, 4.69) is 35.2 Å². The molecule has 2 atom stereocenters. The smallest absolute Gasteiger partial charge is 0.408 e. The third-order valence-electron chi connectivity index (χ3n) is 7.00. The van der Waals surface area contributed by atoms with E-state index in [0.717, 1.165) is 28.9 Å². The number of fused-ring (bicyclic) bond motifs is 1. The molecule has 2 aromatic rings. The van der Waals surface area contributed by atoms with E-state index < -0.39 is 6.09 Å². The zero-order valence-electron chi connectivity index (χ0n) is 20.1. The van der Waals surface area contributed by atoms with Crippen LogP contribution in [0.3, 0.4) is 0 Å². The molecule has 0 aliphatic carbocycles. The maximum absolute atomic E-state index is 12.4. The van der Waals surface area contributed by atoms with Crippen LogP contribution in [0, 0.1) is 0 Å². The van der Waals surface area contributed by atoms with E-state index in [1.165, 1.54) is 36.4 Å². The molecular formula is C27H35N3O3. The molecule has 1 fully saturated rings. The molecule has 2 amide bonds. The average Bonchev–Trinajstić information content (AvgIpc) is 3.26. The van der Waals surface area contributed by atoms with Gasteiger partial charge in [0, 0.05) is 31.2 Å². The lowest BCUT2D eigenvalue weighted by Crippen LogP contribution is -2.48. The second kappa shape index (κ2) is 9.56. The van der Waals surface area contributed by atoms with Gasteiger partial charge in [0.05, 0.1) is 6.04 Å². The normalized spacial score (nSPS) is 20.7. The van der Waals surface area contributed by atoms with Gasteiger partial charge < -0.3 is 10.0 Å². The molecule has 176 valence electrons. The molecule has 2 aliphatic rings. The molecule has 4 rings (SSSR count). The van der Waals surface area contributed by atoms with Crippen molar-refractivity contribution in [2.75, 3.05) is 18.0 Å². The van der Waals surface area contributed by atoms with Crippen molar-refractivity contribution in [1.29, 1.82) is 0 Å². The molecule has 0 bridgehead atoms. The lowest BCUT2D eigenvalue weighted by Gasteiger charge is -2.43. The van der Waals surface area contributed by atoms with E-state index in [1.807, 2.05) is 32.9 Å². The summed E-state index contributed by atoms with van der Waals surface area (Å²) in [7, 11) is 0. The molecule has 33 heavy (non-hydrogen) atoms. The van der Waals surface area contributed by atoms with Crippen LogP contribution in [0.4, 0.5) is 10.5 Å². The molecular weight excluding hydrogens is 414 g/mol. The summed E-state index contributed by atoms with van der Waals surface area (Å²) >= 11 is 0. The van der Waals surface area contributed by atoms with Crippen LogP contribution in [0.1, 0.15) is 64.1 Å². The highest BCUT2D eigenvalue weighted by molar-refractivity contribution is 5.94. The van der Waals surface area contributed by atoms with Crippen LogP contribution in [0.25, 0.3) is 11.1 Å². The first-order chi connectivity index (χ1) is 15.8. The zero-order chi connectivity index (χ0) is 23.7. The van der Waals surface area contributed by atoms with Gasteiger partial charge >= 0.3 is 6.09 Å². The standard InChI is InChI=1S/C27H35N3O3/c1-18(2)29(27(32)33)26-15-19(3)30(20(4)31)25-12-11-23(16-24(25)26)22-9-7-21(8-10-22)17-28-13-5-6-14-28/h7-12,16,18-19,26H,5-6,13-15,17H2,1-4H3,(H,32,33). The van der Waals surface area contributed by atoms with Crippen LogP contribution >= 0.6 is 0 Å². The van der Waals surface area contributed by atoms with E-state index in [-0.39, 0.29) is 24.0 Å². The largest absolute Gasteiger partial charge is 0.465 e. The summed E-state index contributed by atoms with van der Waals surface area (Å²) in [5, 5.41) is 9.96. The molecule has 0 spiro atoms. The Morgan fingerprint density at radius 2 is 1.70 bits per heavy atom. The molecule has 2 unspecified atom stereocenters. The van der Waals surface area contributed by atoms with Crippen molar-refractivity contribution in [3.8, 4) is 11.1 Å². The number of rotatable bonds is 5. The number of benzene rings is 2. The summed E-state index contributed by atoms with van der Waals surface area (Å²) in [4.78, 5) is 30.4. The van der Waals surface area contributed by atoms with Crippen molar-refractivity contribution < 1.29 is 14.7 Å². The number of hydrogen-bond acceptors (Lipinski definition) is 3. The lowest BCUT2D eigenvalue weighted by atomic mass is 9.87. The third-order valence-corrected chi connectivity index (χ3v) is 7.00. The number of hydrogen-bond donors (Lipinski definition) is 1. The number of carbonyl (C=O) groups excluding carboxylic acids is 1. The minimum absolute atomic E-state index is 0.0207. The van der Waals surface area contributed by atoms with Crippen LogP contribution < -0.4 is 4.90 Å². The Morgan fingerprint density at radius 1 is 1.06 bits per heavy atom. The Morgan fingerprint density at radius 3 is 2.27 bits per heavy atom. The van der Waals surface area contributed by atoms with Crippen LogP contribution in [0.15, 0.2) is 42.5 Å². The van der Waals surface area contributed by atoms with Crippen molar-refractivity contribution in [2.24, 2.45) is 0 Å². The van der Waals surface area contributed by atoms with Crippen LogP contribution in [-0.2, 0) is 11.3 Å². The van der Waals surface area contributed by atoms with Crippen molar-refractivity contribution in [2.45, 2.75) is 71.6 Å². The van der Waals surface area contributed by atoms with Gasteiger partial charge in [-0.15, -0.1) is 0 Å². The Labute approximate surface area is 196 Å². The first-order valence-electron chi connectivity index (χ1n) is 12.0. The topological polar surface area (TPSA) is 64.1 Å². The predicted molar refractivity (Wildman–Crippen MR) is 131 cm³/mol. The van der Waals surface area contributed by atoms with Gasteiger partial charge in [-0.1, -0.05) is 30.3 Å². The second-order valence-electron chi connectivity index (χ2n) is 9.73. The van der Waals surface area contributed by atoms with E-state index in [1.54, 1.807) is 11.8 Å². The van der Waals surface area contributed by atoms with Gasteiger partial charge in [-0.25, -0.2) is 4.79 Å². The van der Waals surface area contributed by atoms with Gasteiger partial charge in [-0.2, -0.15) is 0 Å². The quantitative estimate of drug-likeness (QED) is 0.652. The summed E-state index contributed by atoms with van der Waals surface area (Å²) in [6, 6.07) is 14.2. The number of carbonyl (C=O) groups is 2. The van der Waals surface area contributed by atoms with Crippen molar-refractivity contribution in [3.05, 3.63) is 53.6 Å². The van der Waals surface area contributed by atoms with Gasteiger partial charge in [0.2, 0.25) is 5.91 Å². The number of carboxylic acid groups (broad SMARTS) is 1. The van der Waals surface area contributed by atoms with E-state index in [4.69, 9.17) is 0 Å². The fourth-order valence-corrected chi connectivity index (χ4v) is 5.47. The van der Waals surface area contributed by atoms with Gasteiger partial charge in [-0.05, 0) is 87.5 Å². The minimum Gasteiger partial charge on any atom is -0.465 e. The third kappa shape index (κ3) is 4.76. The van der Waals surface area contributed by atoms with E-state index >= 15 is 0 Å². The summed E-state index contributed by atoms with van der Waals surface area (Å²) in [5.74, 6) is -0.0207. The van der Waals surface area contributed by atoms with Crippen molar-refractivity contribution >= 4 is 17.7 Å². The monoisotopic (exact) mass is 449 g/mol. The van der Waals surface area contributed by atoms with Crippen molar-refractivity contribution in [3.63, 3.8) is 0 Å². The summed E-state index contributed by atoms with van der Waals surface area (Å²) in [6.45, 7) is 10.7. The average molecular weight is 450 g/mol. The van der Waals surface area contributed by atoms with E-state index in [9.17, 15) is 14.7 Å². The highest BCUT2D eigenvalue weighted by Crippen LogP contribution is 2.43. The number of likely N-dealkylation sites (tertiary alicyclic amines) is 1. The van der Waals surface area contributed by atoms with Crippen LogP contribution in [0.5, 0.6) is 0 Å². The zero-order valence-corrected chi connectivity index (χ0v) is 20.1. The molecule has 1 N–H and O–H groups in total. The fourth-order valence-electron chi connectivity index (χ4n) is 5.47. The van der Waals surface area contributed by atoms with Gasteiger partial charge in [-0.3, -0.25) is 14.6 Å². The first-order valence-corrected chi connectivity index (χ1v) is 12.0. The molecule has 0 aromatic heterocycles. The Balaban J connectivity index is 1.70.